The van der Waals surface area contributed by atoms with Crippen LogP contribution in [0.15, 0.2) is 21.4 Å². The molecule has 0 spiro atoms. The van der Waals surface area contributed by atoms with E-state index in [2.05, 4.69) is 32.2 Å². The van der Waals surface area contributed by atoms with Crippen molar-refractivity contribution in [3.63, 3.8) is 0 Å². The minimum absolute atomic E-state index is 0.819. The van der Waals surface area contributed by atoms with E-state index in [4.69, 9.17) is 4.43 Å². The number of hydrogen-bond acceptors (Lipinski definition) is 2. The summed E-state index contributed by atoms with van der Waals surface area (Å²) in [6, 6.07) is 0. The van der Waals surface area contributed by atoms with Crippen LogP contribution < -0.4 is 0 Å². The van der Waals surface area contributed by atoms with Crippen LogP contribution in [-0.2, 0) is 4.43 Å². The molecule has 0 aromatic heterocycles. The van der Waals surface area contributed by atoms with Crippen molar-refractivity contribution < 1.29 is 4.43 Å². The van der Waals surface area contributed by atoms with Gasteiger partial charge in [-0.3, -0.25) is 0 Å². The molecule has 1 heterocycles. The molecule has 0 saturated heterocycles. The third-order valence-corrected chi connectivity index (χ3v) is 5.44. The summed E-state index contributed by atoms with van der Waals surface area (Å²) in [7, 11) is -1.15. The fraction of sp³-hybridized carbons (Fsp3) is 0.500. The van der Waals surface area contributed by atoms with Crippen LogP contribution in [0.4, 0.5) is 0 Å². The molecule has 1 rings (SSSR count). The van der Waals surface area contributed by atoms with Crippen molar-refractivity contribution in [1.82, 2.24) is 0 Å². The summed E-state index contributed by atoms with van der Waals surface area (Å²) >= 11 is 4.36. The predicted octanol–water partition coefficient (Wildman–Crippen LogP) is 1.99. The first kappa shape index (κ1) is 9.10. The molecular formula is C8H14OSSi. The Morgan fingerprint density at radius 1 is 1.55 bits per heavy atom. The number of rotatable bonds is 2. The largest absolute Gasteiger partial charge is 0.412 e. The van der Waals surface area contributed by atoms with Crippen LogP contribution in [0.1, 0.15) is 20.8 Å². The summed E-state index contributed by atoms with van der Waals surface area (Å²) in [4.78, 5) is 1.12. The van der Waals surface area contributed by atoms with Crippen LogP contribution in [0.3, 0.4) is 0 Å². The van der Waals surface area contributed by atoms with Crippen molar-refractivity contribution in [3.05, 3.63) is 21.4 Å². The summed E-state index contributed by atoms with van der Waals surface area (Å²) in [6.07, 6.45) is 0. The monoisotopic (exact) mass is 186 g/mol. The number of hydrogen-bond donors (Lipinski definition) is 1. The second-order valence-corrected chi connectivity index (χ2v) is 5.59. The second kappa shape index (κ2) is 3.60. The average molecular weight is 186 g/mol. The minimum Gasteiger partial charge on any atom is -0.412 e. The molecule has 11 heavy (non-hydrogen) atoms. The van der Waals surface area contributed by atoms with Gasteiger partial charge in [0.25, 0.3) is 0 Å². The summed E-state index contributed by atoms with van der Waals surface area (Å²) in [6.45, 7) is 7.13. The zero-order chi connectivity index (χ0) is 8.43. The van der Waals surface area contributed by atoms with Crippen LogP contribution in [-0.4, -0.2) is 15.6 Å². The second-order valence-electron chi connectivity index (χ2n) is 2.74. The Labute approximate surface area is 75.3 Å². The van der Waals surface area contributed by atoms with Crippen molar-refractivity contribution >= 4 is 21.7 Å². The molecule has 1 nitrogen and oxygen atoms in total. The molecule has 3 heteroatoms. The highest BCUT2D eigenvalue weighted by Gasteiger charge is 2.20. The molecule has 62 valence electrons. The van der Waals surface area contributed by atoms with Gasteiger partial charge in [-0.25, -0.2) is 0 Å². The van der Waals surface area contributed by atoms with Gasteiger partial charge in [0.15, 0.2) is 0 Å². The molecular weight excluding hydrogens is 172 g/mol. The third-order valence-electron chi connectivity index (χ3n) is 2.06. The first-order valence-corrected chi connectivity index (χ1v) is 6.03. The van der Waals surface area contributed by atoms with E-state index >= 15 is 0 Å². The van der Waals surface area contributed by atoms with E-state index in [0.29, 0.717) is 0 Å². The van der Waals surface area contributed by atoms with Gasteiger partial charge >= 0.3 is 0 Å². The van der Waals surface area contributed by atoms with E-state index in [9.17, 15) is 0 Å². The van der Waals surface area contributed by atoms with Gasteiger partial charge in [-0.1, -0.05) is 10.9 Å². The Morgan fingerprint density at radius 3 is 2.55 bits per heavy atom. The first-order valence-electron chi connectivity index (χ1n) is 3.87. The van der Waals surface area contributed by atoms with Crippen molar-refractivity contribution in [2.24, 2.45) is 0 Å². The van der Waals surface area contributed by atoms with Crippen molar-refractivity contribution in [1.29, 1.82) is 0 Å². The molecule has 1 unspecified atom stereocenters. The number of allylic oxidation sites excluding steroid dienone is 2. The molecule has 0 bridgehead atoms. The highest BCUT2D eigenvalue weighted by Crippen LogP contribution is 2.27. The molecule has 0 amide bonds. The Bertz CT molecular complexity index is 220. The van der Waals surface area contributed by atoms with Crippen molar-refractivity contribution in [2.75, 3.05) is 6.61 Å². The fourth-order valence-electron chi connectivity index (χ4n) is 1.16. The molecule has 0 saturated carbocycles. The van der Waals surface area contributed by atoms with Gasteiger partial charge in [0.1, 0.15) is 0 Å². The van der Waals surface area contributed by atoms with Crippen LogP contribution in [0.25, 0.3) is 0 Å². The van der Waals surface area contributed by atoms with Gasteiger partial charge in [0, 0.05) is 11.5 Å². The lowest BCUT2D eigenvalue weighted by atomic mass is 10.3. The van der Waals surface area contributed by atoms with Gasteiger partial charge in [-0.15, -0.1) is 12.6 Å². The van der Waals surface area contributed by atoms with Gasteiger partial charge in [-0.2, -0.15) is 0 Å². The molecule has 0 fully saturated rings. The molecule has 0 aromatic rings. The van der Waals surface area contributed by atoms with E-state index in [1.807, 2.05) is 6.92 Å². The highest BCUT2D eigenvalue weighted by molar-refractivity contribution is 7.85. The topological polar surface area (TPSA) is 9.23 Å². The smallest absolute Gasteiger partial charge is 0.229 e. The highest BCUT2D eigenvalue weighted by atomic mass is 32.1. The summed E-state index contributed by atoms with van der Waals surface area (Å²) < 4.78 is 5.61. The SMILES string of the molecule is CCO[SiH]1C=C(S)C(C)=C1C. The quantitative estimate of drug-likeness (QED) is 0.512. The summed E-state index contributed by atoms with van der Waals surface area (Å²) in [5, 5.41) is 1.43. The predicted molar refractivity (Wildman–Crippen MR) is 54.2 cm³/mol. The standard InChI is InChI=1S/C8H14OSSi/c1-4-9-11-5-8(10)6(2)7(11)3/h5,10-11H,4H2,1-3H3. The van der Waals surface area contributed by atoms with Gasteiger partial charge < -0.3 is 4.43 Å². The van der Waals surface area contributed by atoms with Crippen LogP contribution in [0.2, 0.25) is 0 Å². The van der Waals surface area contributed by atoms with Gasteiger partial charge in [0.2, 0.25) is 9.04 Å². The zero-order valence-electron chi connectivity index (χ0n) is 7.22. The molecule has 0 radical (unpaired) electrons. The van der Waals surface area contributed by atoms with Gasteiger partial charge in [-0.05, 0) is 26.3 Å². The third kappa shape index (κ3) is 1.78. The molecule has 0 aliphatic carbocycles. The Morgan fingerprint density at radius 2 is 2.18 bits per heavy atom. The van der Waals surface area contributed by atoms with Crippen LogP contribution in [0.5, 0.6) is 0 Å². The summed E-state index contributed by atoms with van der Waals surface area (Å²) in [5.41, 5.74) is 3.51. The maximum absolute atomic E-state index is 5.61. The average Bonchev–Trinajstić information content (AvgIpc) is 2.19. The van der Waals surface area contributed by atoms with Crippen LogP contribution >= 0.6 is 12.6 Å². The summed E-state index contributed by atoms with van der Waals surface area (Å²) in [5.74, 6) is 0. The van der Waals surface area contributed by atoms with Crippen molar-refractivity contribution in [3.8, 4) is 0 Å². The van der Waals surface area contributed by atoms with Gasteiger partial charge in [0.05, 0.1) is 0 Å². The molecule has 1 aliphatic heterocycles. The maximum Gasteiger partial charge on any atom is 0.229 e. The normalized spacial score (nSPS) is 24.4. The van der Waals surface area contributed by atoms with E-state index in [1.54, 1.807) is 0 Å². The van der Waals surface area contributed by atoms with E-state index in [1.165, 1.54) is 10.8 Å². The first-order chi connectivity index (χ1) is 5.16. The van der Waals surface area contributed by atoms with E-state index in [-0.39, 0.29) is 0 Å². The molecule has 1 atom stereocenters. The van der Waals surface area contributed by atoms with Crippen molar-refractivity contribution in [2.45, 2.75) is 20.8 Å². The van der Waals surface area contributed by atoms with E-state index < -0.39 is 9.04 Å². The number of thiol groups is 1. The van der Waals surface area contributed by atoms with Crippen LogP contribution in [0, 0.1) is 0 Å². The Hall–Kier alpha value is 0.00688. The molecule has 1 aliphatic rings. The zero-order valence-corrected chi connectivity index (χ0v) is 9.27. The minimum atomic E-state index is -1.15. The van der Waals surface area contributed by atoms with E-state index in [0.717, 1.165) is 11.5 Å². The maximum atomic E-state index is 5.61. The Balaban J connectivity index is 2.74. The lowest BCUT2D eigenvalue weighted by molar-refractivity contribution is 0.355. The lowest BCUT2D eigenvalue weighted by Gasteiger charge is -2.07. The molecule has 0 aromatic carbocycles. The Kier molecular flexibility index (Phi) is 2.98. The fourth-order valence-corrected chi connectivity index (χ4v) is 3.94. The lowest BCUT2D eigenvalue weighted by Crippen LogP contribution is -2.15. The molecule has 0 N–H and O–H groups in total.